The minimum absolute atomic E-state index is 0.0571. The van der Waals surface area contributed by atoms with Crippen molar-refractivity contribution in [2.45, 2.75) is 25.9 Å². The van der Waals surface area contributed by atoms with E-state index in [1.807, 2.05) is 24.3 Å². The molecule has 30 heavy (non-hydrogen) atoms. The number of anilines is 2. The van der Waals surface area contributed by atoms with E-state index in [1.54, 1.807) is 50.1 Å². The summed E-state index contributed by atoms with van der Waals surface area (Å²) in [5, 5.41) is 3.38. The molecular formula is C22H23N5O3. The first kappa shape index (κ1) is 19.8. The third-order valence-electron chi connectivity index (χ3n) is 5.24. The first-order chi connectivity index (χ1) is 14.3. The fourth-order valence-corrected chi connectivity index (χ4v) is 3.72. The zero-order valence-electron chi connectivity index (χ0n) is 17.1. The molecule has 0 spiro atoms. The lowest BCUT2D eigenvalue weighted by Crippen LogP contribution is -2.60. The predicted molar refractivity (Wildman–Crippen MR) is 115 cm³/mol. The van der Waals surface area contributed by atoms with Gasteiger partial charge in [-0.15, -0.1) is 0 Å². The molecule has 0 saturated carbocycles. The highest BCUT2D eigenvalue weighted by Crippen LogP contribution is 2.36. The fourth-order valence-electron chi connectivity index (χ4n) is 3.72. The van der Waals surface area contributed by atoms with Gasteiger partial charge in [0, 0.05) is 0 Å². The summed E-state index contributed by atoms with van der Waals surface area (Å²) in [6.07, 6.45) is 0. The Kier molecular flexibility index (Phi) is 4.87. The van der Waals surface area contributed by atoms with E-state index in [9.17, 15) is 14.4 Å². The van der Waals surface area contributed by atoms with Crippen molar-refractivity contribution in [1.82, 2.24) is 14.9 Å². The molecule has 0 saturated heterocycles. The van der Waals surface area contributed by atoms with Crippen molar-refractivity contribution < 1.29 is 9.59 Å². The van der Waals surface area contributed by atoms with E-state index in [0.29, 0.717) is 28.1 Å². The summed E-state index contributed by atoms with van der Waals surface area (Å²) in [5.74, 6) is 0.0238. The molecule has 0 aliphatic carbocycles. The number of para-hydroxylation sites is 3. The van der Waals surface area contributed by atoms with Crippen molar-refractivity contribution in [2.24, 2.45) is 0 Å². The van der Waals surface area contributed by atoms with E-state index in [-0.39, 0.29) is 30.5 Å². The van der Waals surface area contributed by atoms with Crippen LogP contribution in [0.4, 0.5) is 11.4 Å². The summed E-state index contributed by atoms with van der Waals surface area (Å²) in [6, 6.07) is 14.4. The number of nitrogens with one attached hydrogen (secondary N) is 2. The van der Waals surface area contributed by atoms with E-state index in [2.05, 4.69) is 15.3 Å². The molecule has 154 valence electrons. The lowest BCUT2D eigenvalue weighted by molar-refractivity contribution is -0.127. The zero-order valence-corrected chi connectivity index (χ0v) is 17.1. The molecule has 1 aromatic heterocycles. The number of rotatable bonds is 4. The van der Waals surface area contributed by atoms with Crippen LogP contribution in [0.3, 0.4) is 0 Å². The maximum absolute atomic E-state index is 13.2. The van der Waals surface area contributed by atoms with Gasteiger partial charge in [-0.25, -0.2) is 4.98 Å². The number of H-pyrrole nitrogens is 1. The molecule has 4 rings (SSSR count). The van der Waals surface area contributed by atoms with Crippen LogP contribution in [0.15, 0.2) is 53.3 Å². The van der Waals surface area contributed by atoms with Gasteiger partial charge in [0.2, 0.25) is 11.8 Å². The van der Waals surface area contributed by atoms with Crippen LogP contribution in [0.1, 0.15) is 19.7 Å². The van der Waals surface area contributed by atoms with Crippen LogP contribution >= 0.6 is 0 Å². The average molecular weight is 405 g/mol. The van der Waals surface area contributed by atoms with Crippen molar-refractivity contribution in [3.05, 3.63) is 64.7 Å². The highest BCUT2D eigenvalue weighted by Gasteiger charge is 2.43. The number of hydrogen-bond acceptors (Lipinski definition) is 5. The number of aromatic amines is 1. The van der Waals surface area contributed by atoms with Crippen molar-refractivity contribution in [3.8, 4) is 0 Å². The monoisotopic (exact) mass is 405 g/mol. The van der Waals surface area contributed by atoms with Crippen molar-refractivity contribution in [1.29, 1.82) is 0 Å². The van der Waals surface area contributed by atoms with Gasteiger partial charge < -0.3 is 10.3 Å². The van der Waals surface area contributed by atoms with E-state index in [4.69, 9.17) is 0 Å². The summed E-state index contributed by atoms with van der Waals surface area (Å²) < 4.78 is 0. The zero-order chi connectivity index (χ0) is 21.5. The molecule has 2 N–H and O–H groups in total. The first-order valence-electron chi connectivity index (χ1n) is 9.67. The van der Waals surface area contributed by atoms with Gasteiger partial charge >= 0.3 is 0 Å². The molecule has 0 fully saturated rings. The van der Waals surface area contributed by atoms with E-state index in [0.717, 1.165) is 0 Å². The van der Waals surface area contributed by atoms with Gasteiger partial charge in [0.05, 0.1) is 35.4 Å². The Balaban J connectivity index is 1.56. The summed E-state index contributed by atoms with van der Waals surface area (Å²) in [5.41, 5.74) is 0.648. The van der Waals surface area contributed by atoms with E-state index < -0.39 is 5.54 Å². The molecule has 2 aromatic carbocycles. The van der Waals surface area contributed by atoms with Crippen LogP contribution < -0.4 is 15.8 Å². The number of carbonyl (C=O) groups is 2. The van der Waals surface area contributed by atoms with Crippen LogP contribution in [-0.4, -0.2) is 45.8 Å². The Morgan fingerprint density at radius 1 is 1.10 bits per heavy atom. The quantitative estimate of drug-likeness (QED) is 0.693. The second kappa shape index (κ2) is 7.38. The molecule has 0 unspecified atom stereocenters. The molecule has 1 aliphatic heterocycles. The van der Waals surface area contributed by atoms with Crippen molar-refractivity contribution in [2.75, 3.05) is 23.8 Å². The summed E-state index contributed by atoms with van der Waals surface area (Å²) in [4.78, 5) is 48.6. The highest BCUT2D eigenvalue weighted by molar-refractivity contribution is 6.14. The summed E-state index contributed by atoms with van der Waals surface area (Å²) in [7, 11) is 1.77. The van der Waals surface area contributed by atoms with Crippen LogP contribution in [0.25, 0.3) is 10.9 Å². The third kappa shape index (κ3) is 3.46. The second-order valence-electron chi connectivity index (χ2n) is 7.96. The summed E-state index contributed by atoms with van der Waals surface area (Å²) in [6.45, 7) is 3.78. The number of benzene rings is 2. The van der Waals surface area contributed by atoms with Crippen LogP contribution in [-0.2, 0) is 16.1 Å². The Bertz CT molecular complexity index is 1200. The Labute approximate surface area is 173 Å². The van der Waals surface area contributed by atoms with Gasteiger partial charge in [0.25, 0.3) is 5.56 Å². The van der Waals surface area contributed by atoms with E-state index >= 15 is 0 Å². The fraction of sp³-hybridized carbons (Fsp3) is 0.273. The van der Waals surface area contributed by atoms with Crippen LogP contribution in [0.2, 0.25) is 0 Å². The van der Waals surface area contributed by atoms with Crippen molar-refractivity contribution in [3.63, 3.8) is 0 Å². The molecule has 2 amide bonds. The smallest absolute Gasteiger partial charge is 0.258 e. The molecule has 8 nitrogen and oxygen atoms in total. The molecule has 1 aliphatic rings. The first-order valence-corrected chi connectivity index (χ1v) is 9.67. The van der Waals surface area contributed by atoms with Crippen LogP contribution in [0.5, 0.6) is 0 Å². The molecule has 3 aromatic rings. The number of carbonyl (C=O) groups excluding carboxylic acids is 2. The number of nitrogens with zero attached hydrogens (tertiary/aromatic N) is 3. The summed E-state index contributed by atoms with van der Waals surface area (Å²) >= 11 is 0. The number of aromatic nitrogens is 2. The van der Waals surface area contributed by atoms with Gasteiger partial charge in [-0.2, -0.15) is 0 Å². The average Bonchev–Trinajstić information content (AvgIpc) is 2.68. The number of amides is 2. The lowest BCUT2D eigenvalue weighted by atomic mass is 9.96. The van der Waals surface area contributed by atoms with Gasteiger partial charge in [0.15, 0.2) is 0 Å². The number of likely N-dealkylation sites (N-methyl/N-ethyl adjacent to an activating group) is 1. The molecule has 0 atom stereocenters. The molecule has 0 bridgehead atoms. The van der Waals surface area contributed by atoms with Gasteiger partial charge in [-0.1, -0.05) is 24.3 Å². The maximum Gasteiger partial charge on any atom is 0.258 e. The number of hydrogen-bond donors (Lipinski definition) is 2. The number of fused-ring (bicyclic) bond motifs is 2. The largest absolute Gasteiger partial charge is 0.322 e. The topological polar surface area (TPSA) is 98.4 Å². The molecule has 8 heteroatoms. The van der Waals surface area contributed by atoms with Crippen molar-refractivity contribution >= 4 is 34.1 Å². The Hall–Kier alpha value is -3.52. The lowest BCUT2D eigenvalue weighted by Gasteiger charge is -2.42. The molecule has 2 heterocycles. The molecule has 0 radical (unpaired) electrons. The normalized spacial score (nSPS) is 15.2. The predicted octanol–water partition coefficient (Wildman–Crippen LogP) is 2.12. The standard InChI is InChI=1S/C22H23N5O3/c1-22(2)21(30)24-16-10-6-7-11-17(16)27(22)19(28)13-26(3)12-18-23-15-9-5-4-8-14(15)20(29)25-18/h4-11H,12-13H2,1-3H3,(H,24,30)(H,23,25,29). The second-order valence-corrected chi connectivity index (χ2v) is 7.96. The minimum Gasteiger partial charge on any atom is -0.322 e. The minimum atomic E-state index is -1.03. The third-order valence-corrected chi connectivity index (χ3v) is 5.24. The Morgan fingerprint density at radius 3 is 2.60 bits per heavy atom. The van der Waals surface area contributed by atoms with E-state index in [1.165, 1.54) is 4.90 Å². The molecular weight excluding hydrogens is 382 g/mol. The van der Waals surface area contributed by atoms with Gasteiger partial charge in [-0.3, -0.25) is 24.2 Å². The van der Waals surface area contributed by atoms with Gasteiger partial charge in [-0.05, 0) is 45.2 Å². The van der Waals surface area contributed by atoms with Crippen LogP contribution in [0, 0.1) is 0 Å². The Morgan fingerprint density at radius 2 is 1.80 bits per heavy atom. The SMILES string of the molecule is CN(CC(=O)N1c2ccccc2NC(=O)C1(C)C)Cc1nc2ccccc2c(=O)[nH]1. The highest BCUT2D eigenvalue weighted by atomic mass is 16.2. The maximum atomic E-state index is 13.2. The van der Waals surface area contributed by atoms with Gasteiger partial charge in [0.1, 0.15) is 11.4 Å².